The van der Waals surface area contributed by atoms with E-state index in [1.807, 2.05) is 0 Å². The van der Waals surface area contributed by atoms with Gasteiger partial charge in [-0.25, -0.2) is 0 Å². The number of nitrogens with one attached hydrogen (secondary N) is 1. The molecule has 1 aliphatic carbocycles. The van der Waals surface area contributed by atoms with Gasteiger partial charge < -0.3 is 15.6 Å². The van der Waals surface area contributed by atoms with Crippen LogP contribution in [0, 0.1) is 12.3 Å². The Morgan fingerprint density at radius 3 is 2.87 bits per heavy atom. The first-order chi connectivity index (χ1) is 7.16. The van der Waals surface area contributed by atoms with Crippen molar-refractivity contribution in [2.24, 2.45) is 11.1 Å². The summed E-state index contributed by atoms with van der Waals surface area (Å²) in [5, 5.41) is 6.45. The first kappa shape index (κ1) is 10.1. The van der Waals surface area contributed by atoms with Crippen LogP contribution in [0.15, 0.2) is 4.52 Å². The van der Waals surface area contributed by atoms with Crippen LogP contribution in [0.25, 0.3) is 0 Å². The molecule has 1 aromatic heterocycles. The molecule has 1 fully saturated rings. The van der Waals surface area contributed by atoms with Crippen LogP contribution in [-0.2, 0) is 11.3 Å². The van der Waals surface area contributed by atoms with E-state index >= 15 is 0 Å². The van der Waals surface area contributed by atoms with Gasteiger partial charge in [-0.1, -0.05) is 5.16 Å². The van der Waals surface area contributed by atoms with Crippen LogP contribution < -0.4 is 11.1 Å². The van der Waals surface area contributed by atoms with E-state index in [2.05, 4.69) is 15.5 Å². The van der Waals surface area contributed by atoms with E-state index in [1.54, 1.807) is 6.92 Å². The van der Waals surface area contributed by atoms with Crippen molar-refractivity contribution in [2.45, 2.75) is 26.3 Å². The van der Waals surface area contributed by atoms with E-state index in [1.165, 1.54) is 0 Å². The van der Waals surface area contributed by atoms with Gasteiger partial charge >= 0.3 is 0 Å². The average Bonchev–Trinajstić information content (AvgIpc) is 2.93. The number of aromatic nitrogens is 2. The third-order valence-corrected chi connectivity index (χ3v) is 2.70. The molecule has 0 aromatic carbocycles. The molecule has 1 amide bonds. The van der Waals surface area contributed by atoms with Crippen LogP contribution in [0.2, 0.25) is 0 Å². The zero-order valence-corrected chi connectivity index (χ0v) is 8.62. The fourth-order valence-corrected chi connectivity index (χ4v) is 1.43. The Morgan fingerprint density at radius 2 is 2.40 bits per heavy atom. The van der Waals surface area contributed by atoms with E-state index in [0.29, 0.717) is 24.8 Å². The molecule has 0 aliphatic heterocycles. The first-order valence-electron chi connectivity index (χ1n) is 4.94. The van der Waals surface area contributed by atoms with E-state index in [-0.39, 0.29) is 11.3 Å². The lowest BCUT2D eigenvalue weighted by Gasteiger charge is -2.10. The van der Waals surface area contributed by atoms with Crippen molar-refractivity contribution in [3.8, 4) is 0 Å². The maximum Gasteiger partial charge on any atom is 0.227 e. The number of rotatable bonds is 4. The Morgan fingerprint density at radius 1 is 1.67 bits per heavy atom. The summed E-state index contributed by atoms with van der Waals surface area (Å²) in [6.45, 7) is 2.42. The second kappa shape index (κ2) is 3.62. The maximum absolute atomic E-state index is 11.7. The monoisotopic (exact) mass is 210 g/mol. The lowest BCUT2D eigenvalue weighted by atomic mass is 10.1. The Balaban J connectivity index is 1.86. The number of hydrogen-bond donors (Lipinski definition) is 2. The van der Waals surface area contributed by atoms with E-state index < -0.39 is 0 Å². The van der Waals surface area contributed by atoms with Gasteiger partial charge in [0.25, 0.3) is 0 Å². The van der Waals surface area contributed by atoms with Gasteiger partial charge in [-0.2, -0.15) is 4.98 Å². The molecular weight excluding hydrogens is 196 g/mol. The molecule has 1 saturated carbocycles. The van der Waals surface area contributed by atoms with Crippen LogP contribution in [0.4, 0.5) is 0 Å². The highest BCUT2D eigenvalue weighted by Crippen LogP contribution is 2.44. The van der Waals surface area contributed by atoms with Gasteiger partial charge in [0.2, 0.25) is 11.8 Å². The summed E-state index contributed by atoms with van der Waals surface area (Å²) < 4.78 is 4.79. The molecule has 0 radical (unpaired) electrons. The van der Waals surface area contributed by atoms with Gasteiger partial charge in [0.15, 0.2) is 5.82 Å². The maximum atomic E-state index is 11.7. The van der Waals surface area contributed by atoms with Gasteiger partial charge in [0, 0.05) is 13.5 Å². The summed E-state index contributed by atoms with van der Waals surface area (Å²) in [6, 6.07) is 0. The standard InChI is InChI=1S/C9H14N4O2/c1-6-12-7(13-15-6)4-11-8(14)9(5-10)2-3-9/h2-5,10H2,1H3,(H,11,14). The molecule has 0 atom stereocenters. The molecule has 15 heavy (non-hydrogen) atoms. The Kier molecular flexibility index (Phi) is 2.44. The number of carbonyl (C=O) groups excluding carboxylic acids is 1. The largest absolute Gasteiger partial charge is 0.348 e. The van der Waals surface area contributed by atoms with Crippen LogP contribution in [-0.4, -0.2) is 22.6 Å². The SMILES string of the molecule is Cc1nc(CNC(=O)C2(CN)CC2)no1. The number of nitrogens with two attached hydrogens (primary N) is 1. The minimum absolute atomic E-state index is 0.00699. The highest BCUT2D eigenvalue weighted by atomic mass is 16.5. The van der Waals surface area contributed by atoms with Gasteiger partial charge in [-0.15, -0.1) is 0 Å². The molecule has 82 valence electrons. The number of amides is 1. The molecule has 0 spiro atoms. The molecule has 6 nitrogen and oxygen atoms in total. The predicted molar refractivity (Wildman–Crippen MR) is 51.6 cm³/mol. The van der Waals surface area contributed by atoms with Crippen molar-refractivity contribution < 1.29 is 9.32 Å². The first-order valence-corrected chi connectivity index (χ1v) is 4.94. The zero-order valence-electron chi connectivity index (χ0n) is 8.62. The number of nitrogens with zero attached hydrogens (tertiary/aromatic N) is 2. The van der Waals surface area contributed by atoms with Crippen LogP contribution >= 0.6 is 0 Å². The number of carbonyl (C=O) groups is 1. The topological polar surface area (TPSA) is 94.0 Å². The molecule has 0 unspecified atom stereocenters. The van der Waals surface area contributed by atoms with Gasteiger partial charge in [-0.05, 0) is 12.8 Å². The van der Waals surface area contributed by atoms with E-state index in [0.717, 1.165) is 12.8 Å². The fourth-order valence-electron chi connectivity index (χ4n) is 1.43. The van der Waals surface area contributed by atoms with Crippen molar-refractivity contribution in [3.05, 3.63) is 11.7 Å². The summed E-state index contributed by atoms with van der Waals surface area (Å²) in [4.78, 5) is 15.6. The highest BCUT2D eigenvalue weighted by Gasteiger charge is 2.48. The van der Waals surface area contributed by atoms with Crippen molar-refractivity contribution in [1.82, 2.24) is 15.5 Å². The lowest BCUT2D eigenvalue weighted by Crippen LogP contribution is -2.36. The minimum Gasteiger partial charge on any atom is -0.348 e. The molecule has 2 rings (SSSR count). The van der Waals surface area contributed by atoms with Gasteiger partial charge in [0.1, 0.15) is 0 Å². The van der Waals surface area contributed by atoms with Crippen molar-refractivity contribution in [1.29, 1.82) is 0 Å². The minimum atomic E-state index is -0.321. The molecular formula is C9H14N4O2. The molecule has 0 saturated heterocycles. The molecule has 6 heteroatoms. The lowest BCUT2D eigenvalue weighted by molar-refractivity contribution is -0.126. The summed E-state index contributed by atoms with van der Waals surface area (Å²) in [6.07, 6.45) is 1.75. The van der Waals surface area contributed by atoms with Gasteiger partial charge in [0.05, 0.1) is 12.0 Å². The summed E-state index contributed by atoms with van der Waals surface area (Å²) in [5.41, 5.74) is 5.21. The van der Waals surface area contributed by atoms with Crippen molar-refractivity contribution in [3.63, 3.8) is 0 Å². The number of hydrogen-bond acceptors (Lipinski definition) is 5. The van der Waals surface area contributed by atoms with Crippen LogP contribution in [0.1, 0.15) is 24.6 Å². The quantitative estimate of drug-likeness (QED) is 0.713. The second-order valence-corrected chi connectivity index (χ2v) is 3.90. The van der Waals surface area contributed by atoms with Crippen molar-refractivity contribution in [2.75, 3.05) is 6.54 Å². The summed E-state index contributed by atoms with van der Waals surface area (Å²) in [7, 11) is 0. The third kappa shape index (κ3) is 1.99. The normalized spacial score (nSPS) is 17.5. The molecule has 1 aliphatic rings. The van der Waals surface area contributed by atoms with E-state index in [4.69, 9.17) is 10.3 Å². The number of aryl methyl sites for hydroxylation is 1. The summed E-state index contributed by atoms with van der Waals surface area (Å²) in [5.74, 6) is 0.986. The van der Waals surface area contributed by atoms with Gasteiger partial charge in [-0.3, -0.25) is 4.79 Å². The molecule has 1 heterocycles. The Labute approximate surface area is 87.2 Å². The van der Waals surface area contributed by atoms with Crippen LogP contribution in [0.3, 0.4) is 0 Å². The molecule has 0 bridgehead atoms. The molecule has 1 aromatic rings. The second-order valence-electron chi connectivity index (χ2n) is 3.90. The van der Waals surface area contributed by atoms with E-state index in [9.17, 15) is 4.79 Å². The third-order valence-electron chi connectivity index (χ3n) is 2.70. The fraction of sp³-hybridized carbons (Fsp3) is 0.667. The summed E-state index contributed by atoms with van der Waals surface area (Å²) >= 11 is 0. The van der Waals surface area contributed by atoms with Crippen LogP contribution in [0.5, 0.6) is 0 Å². The smallest absolute Gasteiger partial charge is 0.227 e. The predicted octanol–water partition coefficient (Wildman–Crippen LogP) is -0.267. The molecule has 3 N–H and O–H groups in total. The zero-order chi connectivity index (χ0) is 10.9. The Hall–Kier alpha value is -1.43. The van der Waals surface area contributed by atoms with Crippen molar-refractivity contribution >= 4 is 5.91 Å². The average molecular weight is 210 g/mol. The Bertz CT molecular complexity index is 370. The highest BCUT2D eigenvalue weighted by molar-refractivity contribution is 5.85.